The number of rotatable bonds is 12. The van der Waals surface area contributed by atoms with E-state index in [9.17, 15) is 14.7 Å². The van der Waals surface area contributed by atoms with E-state index in [1.807, 2.05) is 39.8 Å². The van der Waals surface area contributed by atoms with Gasteiger partial charge in [-0.25, -0.2) is 4.79 Å². The van der Waals surface area contributed by atoms with Crippen LogP contribution in [0.2, 0.25) is 0 Å². The number of ether oxygens (including phenoxy) is 1. The number of allylic oxidation sites excluding steroid dienone is 4. The Labute approximate surface area is 223 Å². The molecule has 0 saturated carbocycles. The Morgan fingerprint density at radius 2 is 1.74 bits per heavy atom. The fraction of sp³-hybridized carbons (Fsp3) is 0.333. The van der Waals surface area contributed by atoms with Crippen LogP contribution in [0.3, 0.4) is 0 Å². The maximum absolute atomic E-state index is 12.4. The van der Waals surface area contributed by atoms with Crippen LogP contribution >= 0.6 is 0 Å². The molecule has 202 valence electrons. The number of carboxylic acid groups (broad SMARTS) is 2. The maximum atomic E-state index is 12.4. The first-order valence-corrected chi connectivity index (χ1v) is 12.8. The molecule has 6 N–H and O–H groups in total. The van der Waals surface area contributed by atoms with Gasteiger partial charge in [-0.15, -0.1) is 0 Å². The zero-order chi connectivity index (χ0) is 27.8. The van der Waals surface area contributed by atoms with E-state index in [4.69, 9.17) is 14.9 Å². The third-order valence-electron chi connectivity index (χ3n) is 6.33. The van der Waals surface area contributed by atoms with E-state index in [1.165, 1.54) is 6.07 Å². The van der Waals surface area contributed by atoms with Gasteiger partial charge in [0.05, 0.1) is 23.8 Å². The van der Waals surface area contributed by atoms with Crippen molar-refractivity contribution in [2.75, 3.05) is 25.0 Å². The number of likely N-dealkylation sites (N-methyl/N-ethyl adjacent to an activating group) is 1. The summed E-state index contributed by atoms with van der Waals surface area (Å²) in [6, 6.07) is 8.49. The van der Waals surface area contributed by atoms with Crippen molar-refractivity contribution >= 4 is 23.2 Å². The first kappa shape index (κ1) is 28.4. The molecular formula is C30H37N2O6+. The van der Waals surface area contributed by atoms with Gasteiger partial charge in [0.25, 0.3) is 5.75 Å². The molecule has 8 nitrogen and oxygen atoms in total. The lowest BCUT2D eigenvalue weighted by atomic mass is 9.85. The fourth-order valence-corrected chi connectivity index (χ4v) is 4.55. The van der Waals surface area contributed by atoms with Crippen LogP contribution in [0.25, 0.3) is 5.57 Å². The molecule has 0 aromatic heterocycles. The molecule has 0 bridgehead atoms. The van der Waals surface area contributed by atoms with E-state index in [-0.39, 0.29) is 24.3 Å². The van der Waals surface area contributed by atoms with Gasteiger partial charge in [0.15, 0.2) is 0 Å². The molecule has 8 heteroatoms. The number of carboxylic acids is 2. The average molecular weight is 522 g/mol. The molecule has 1 aliphatic rings. The van der Waals surface area contributed by atoms with Gasteiger partial charge in [0.1, 0.15) is 5.75 Å². The number of aliphatic carboxylic acids is 1. The minimum absolute atomic E-state index is 0.0144. The zero-order valence-corrected chi connectivity index (χ0v) is 22.4. The summed E-state index contributed by atoms with van der Waals surface area (Å²) in [5, 5.41) is 34.5. The summed E-state index contributed by atoms with van der Waals surface area (Å²) in [7, 11) is 0. The van der Waals surface area contributed by atoms with Crippen LogP contribution in [0, 0.1) is 6.92 Å². The molecule has 0 radical (unpaired) electrons. The molecule has 3 rings (SSSR count). The lowest BCUT2D eigenvalue weighted by molar-refractivity contribution is -0.137. The van der Waals surface area contributed by atoms with Gasteiger partial charge in [-0.05, 0) is 81.5 Å². The Morgan fingerprint density at radius 3 is 2.37 bits per heavy atom. The molecular weight excluding hydrogens is 484 g/mol. The highest BCUT2D eigenvalue weighted by Crippen LogP contribution is 2.41. The highest BCUT2D eigenvalue weighted by Gasteiger charge is 2.25. The number of benzene rings is 2. The van der Waals surface area contributed by atoms with Crippen molar-refractivity contribution in [3.63, 3.8) is 0 Å². The topological polar surface area (TPSA) is 131 Å². The third-order valence-corrected chi connectivity index (χ3v) is 6.33. The molecule has 1 aliphatic carbocycles. The minimum Gasteiger partial charge on any atom is -0.593 e. The molecule has 0 atom stereocenters. The van der Waals surface area contributed by atoms with Gasteiger partial charge in [-0.2, -0.15) is 0 Å². The van der Waals surface area contributed by atoms with Gasteiger partial charge in [-0.3, -0.25) is 4.79 Å². The minimum atomic E-state index is -1.08. The van der Waals surface area contributed by atoms with Crippen LogP contribution in [0.15, 0.2) is 59.3 Å². The summed E-state index contributed by atoms with van der Waals surface area (Å²) in [5.41, 5.74) is 6.64. The number of nitrogens with one attached hydrogen (secondary N) is 2. The predicted molar refractivity (Wildman–Crippen MR) is 150 cm³/mol. The monoisotopic (exact) mass is 521 g/mol. The Hall–Kier alpha value is -4.20. The molecule has 2 aromatic rings. The SMILES string of the molecule is CCNC1=CC/C(=C(\c2cc(C)c(NCC)cc2[OH2+])c2cc(OCCCC(=O)O)ccc2C(=O)O)C=C1C. The number of hydrogen-bond donors (Lipinski definition) is 4. The van der Waals surface area contributed by atoms with Crippen molar-refractivity contribution in [3.05, 3.63) is 81.6 Å². The second-order valence-electron chi connectivity index (χ2n) is 9.18. The van der Waals surface area contributed by atoms with Gasteiger partial charge in [0, 0.05) is 42.0 Å². The highest BCUT2D eigenvalue weighted by atomic mass is 16.5. The summed E-state index contributed by atoms with van der Waals surface area (Å²) < 4.78 is 5.81. The second-order valence-corrected chi connectivity index (χ2v) is 9.18. The molecule has 0 spiro atoms. The molecule has 38 heavy (non-hydrogen) atoms. The molecule has 0 saturated heterocycles. The summed E-state index contributed by atoms with van der Waals surface area (Å²) >= 11 is 0. The van der Waals surface area contributed by atoms with Crippen LogP contribution in [0.1, 0.15) is 67.1 Å². The Balaban J connectivity index is 2.22. The van der Waals surface area contributed by atoms with Crippen molar-refractivity contribution in [1.29, 1.82) is 0 Å². The first-order valence-electron chi connectivity index (χ1n) is 12.8. The Morgan fingerprint density at radius 1 is 1.00 bits per heavy atom. The van der Waals surface area contributed by atoms with Crippen LogP contribution < -0.4 is 15.4 Å². The van der Waals surface area contributed by atoms with Gasteiger partial charge in [0.2, 0.25) is 0 Å². The van der Waals surface area contributed by atoms with E-state index < -0.39 is 11.9 Å². The predicted octanol–water partition coefficient (Wildman–Crippen LogP) is 5.45. The maximum Gasteiger partial charge on any atom is 0.336 e. The standard InChI is InChI=1S/C30H36N2O6/c1-5-31-25-12-9-20(14-18(25)3)29(24-15-19(4)26(32-6-2)17-27(24)33)23-16-21(10-11-22(23)30(36)37)38-13-7-8-28(34)35/h10-12,14-17,31-33H,5-9,13H2,1-4H3,(H,34,35)(H,36,37)/p+1/b29-20+. The summed E-state index contributed by atoms with van der Waals surface area (Å²) in [6.45, 7) is 9.70. The number of anilines is 1. The zero-order valence-electron chi connectivity index (χ0n) is 22.4. The van der Waals surface area contributed by atoms with E-state index in [0.717, 1.165) is 41.2 Å². The van der Waals surface area contributed by atoms with Crippen molar-refractivity contribution < 1.29 is 29.6 Å². The van der Waals surface area contributed by atoms with Crippen molar-refractivity contribution in [3.8, 4) is 11.5 Å². The number of aromatic carboxylic acids is 1. The molecule has 0 unspecified atom stereocenters. The summed E-state index contributed by atoms with van der Waals surface area (Å²) in [4.78, 5) is 23.2. The van der Waals surface area contributed by atoms with Crippen LogP contribution in [0.4, 0.5) is 5.69 Å². The van der Waals surface area contributed by atoms with Gasteiger partial charge >= 0.3 is 11.9 Å². The fourth-order valence-electron chi connectivity index (χ4n) is 4.55. The summed E-state index contributed by atoms with van der Waals surface area (Å²) in [5.74, 6) is -1.25. The lowest BCUT2D eigenvalue weighted by Crippen LogP contribution is -2.15. The largest absolute Gasteiger partial charge is 0.593 e. The Bertz CT molecular complexity index is 1310. The van der Waals surface area contributed by atoms with Crippen molar-refractivity contribution in [2.45, 2.75) is 47.0 Å². The molecule has 0 fully saturated rings. The molecule has 0 heterocycles. The number of carbonyl (C=O) groups is 2. The van der Waals surface area contributed by atoms with Crippen LogP contribution in [0.5, 0.6) is 11.5 Å². The van der Waals surface area contributed by atoms with E-state index in [2.05, 4.69) is 16.7 Å². The average Bonchev–Trinajstić information content (AvgIpc) is 2.86. The lowest BCUT2D eigenvalue weighted by Gasteiger charge is -2.22. The highest BCUT2D eigenvalue weighted by molar-refractivity contribution is 5.99. The van der Waals surface area contributed by atoms with Crippen molar-refractivity contribution in [1.82, 2.24) is 5.32 Å². The smallest absolute Gasteiger partial charge is 0.336 e. The van der Waals surface area contributed by atoms with E-state index >= 15 is 0 Å². The van der Waals surface area contributed by atoms with Crippen LogP contribution in [-0.2, 0) is 4.79 Å². The number of aryl methyl sites for hydroxylation is 1. The van der Waals surface area contributed by atoms with Gasteiger partial charge < -0.3 is 30.7 Å². The second kappa shape index (κ2) is 12.9. The Kier molecular flexibility index (Phi) is 9.60. The van der Waals surface area contributed by atoms with E-state index in [1.54, 1.807) is 18.2 Å². The molecule has 2 aromatic carbocycles. The summed E-state index contributed by atoms with van der Waals surface area (Å²) in [6.07, 6.45) is 5.02. The van der Waals surface area contributed by atoms with Crippen molar-refractivity contribution in [2.24, 2.45) is 0 Å². The van der Waals surface area contributed by atoms with Crippen LogP contribution in [-0.4, -0.2) is 47.0 Å². The van der Waals surface area contributed by atoms with E-state index in [0.29, 0.717) is 35.3 Å². The molecule has 0 aliphatic heterocycles. The molecule has 0 amide bonds. The normalized spacial score (nSPS) is 14.3. The quantitative estimate of drug-likeness (QED) is 0.216. The number of hydrogen-bond acceptors (Lipinski definition) is 5. The van der Waals surface area contributed by atoms with Gasteiger partial charge in [-0.1, -0.05) is 12.2 Å². The first-order chi connectivity index (χ1) is 18.2. The third kappa shape index (κ3) is 6.76.